The van der Waals surface area contributed by atoms with Crippen LogP contribution >= 0.6 is 0 Å². The van der Waals surface area contributed by atoms with Crippen molar-refractivity contribution in [3.8, 4) is 0 Å². The molecular weight excluding hydrogens is 389 g/mol. The average Bonchev–Trinajstić information content (AvgIpc) is 2.70. The number of hydrogen-bond acceptors (Lipinski definition) is 6. The number of methoxy groups -OCH3 is 1. The topological polar surface area (TPSA) is 69.5 Å². The summed E-state index contributed by atoms with van der Waals surface area (Å²) in [4.78, 5) is 21.9. The van der Waals surface area contributed by atoms with Crippen LogP contribution in [-0.2, 0) is 25.8 Å². The van der Waals surface area contributed by atoms with Crippen LogP contribution in [0.2, 0.25) is 0 Å². The molecule has 0 saturated heterocycles. The van der Waals surface area contributed by atoms with Crippen LogP contribution in [0.25, 0.3) is 0 Å². The van der Waals surface area contributed by atoms with Crippen LogP contribution in [0.5, 0.6) is 0 Å². The number of aryl methyl sites for hydroxylation is 1. The van der Waals surface area contributed by atoms with E-state index in [2.05, 4.69) is 10.3 Å². The lowest BCUT2D eigenvalue weighted by molar-refractivity contribution is -0.132. The molecule has 0 amide bonds. The molecular formula is C20H19F3N2O4. The van der Waals surface area contributed by atoms with E-state index in [1.54, 1.807) is 25.1 Å². The molecule has 0 aliphatic carbocycles. The van der Waals surface area contributed by atoms with Gasteiger partial charge in [-0.1, -0.05) is 28.5 Å². The van der Waals surface area contributed by atoms with E-state index < -0.39 is 23.9 Å². The zero-order valence-corrected chi connectivity index (χ0v) is 16.0. The Balaban J connectivity index is 2.34. The highest BCUT2D eigenvalue weighted by molar-refractivity contribution is 6.43. The second-order valence-electron chi connectivity index (χ2n) is 5.77. The summed E-state index contributed by atoms with van der Waals surface area (Å²) in [5.74, 6) is -1.29. The van der Waals surface area contributed by atoms with Crippen LogP contribution in [0.4, 0.5) is 13.2 Å². The molecule has 0 aliphatic heterocycles. The summed E-state index contributed by atoms with van der Waals surface area (Å²) in [5, 5.41) is 7.22. The second-order valence-corrected chi connectivity index (χ2v) is 5.77. The third-order valence-corrected chi connectivity index (χ3v) is 3.95. The first kappa shape index (κ1) is 21.9. The molecule has 154 valence electrons. The monoisotopic (exact) mass is 408 g/mol. The van der Waals surface area contributed by atoms with Crippen molar-refractivity contribution in [1.29, 1.82) is 0 Å². The van der Waals surface area contributed by atoms with Crippen LogP contribution in [0.3, 0.4) is 0 Å². The van der Waals surface area contributed by atoms with Gasteiger partial charge in [-0.3, -0.25) is 0 Å². The molecule has 0 aromatic heterocycles. The zero-order valence-electron chi connectivity index (χ0n) is 16.0. The van der Waals surface area contributed by atoms with E-state index >= 15 is 0 Å². The zero-order chi connectivity index (χ0) is 21.4. The second kappa shape index (κ2) is 10.3. The highest BCUT2D eigenvalue weighted by atomic mass is 19.3. The van der Waals surface area contributed by atoms with Gasteiger partial charge in [0.15, 0.2) is 11.4 Å². The smallest absolute Gasteiger partial charge is 0.360 e. The van der Waals surface area contributed by atoms with Crippen molar-refractivity contribution in [2.45, 2.75) is 20.0 Å². The first-order valence-corrected chi connectivity index (χ1v) is 8.41. The Labute approximate surface area is 165 Å². The SMILES string of the molecule is CO/N=C(/C(=O)OC)c1cccc(C)c1CO/N=C(/c1ccc(F)cc1)C(F)F. The maximum atomic E-state index is 13.3. The fourth-order valence-electron chi connectivity index (χ4n) is 2.51. The van der Waals surface area contributed by atoms with Gasteiger partial charge in [-0.05, 0) is 36.8 Å². The van der Waals surface area contributed by atoms with Crippen molar-refractivity contribution in [3.63, 3.8) is 0 Å². The maximum absolute atomic E-state index is 13.3. The summed E-state index contributed by atoms with van der Waals surface area (Å²) >= 11 is 0. The minimum atomic E-state index is -2.93. The van der Waals surface area contributed by atoms with Gasteiger partial charge in [0.25, 0.3) is 6.43 Å². The third-order valence-electron chi connectivity index (χ3n) is 3.95. The van der Waals surface area contributed by atoms with Crippen molar-refractivity contribution >= 4 is 17.4 Å². The lowest BCUT2D eigenvalue weighted by atomic mass is 9.99. The quantitative estimate of drug-likeness (QED) is 0.378. The van der Waals surface area contributed by atoms with Crippen molar-refractivity contribution in [2.24, 2.45) is 10.3 Å². The number of benzene rings is 2. The minimum Gasteiger partial charge on any atom is -0.464 e. The molecule has 2 rings (SSSR count). The van der Waals surface area contributed by atoms with E-state index in [-0.39, 0.29) is 17.9 Å². The van der Waals surface area contributed by atoms with E-state index in [0.717, 1.165) is 12.1 Å². The molecule has 0 heterocycles. The summed E-state index contributed by atoms with van der Waals surface area (Å²) in [6, 6.07) is 9.51. The minimum absolute atomic E-state index is 0.0302. The third kappa shape index (κ3) is 5.56. The molecule has 6 nitrogen and oxygen atoms in total. The standard InChI is InChI=1S/C20H19F3N2O4/c1-12-5-4-6-15(18(24-28-3)20(26)27-2)16(12)11-29-25-17(19(22)23)13-7-9-14(21)10-8-13/h4-10,19H,11H2,1-3H3/b24-18+,25-17-. The number of oxime groups is 2. The van der Waals surface area contributed by atoms with E-state index in [9.17, 15) is 18.0 Å². The summed E-state index contributed by atoms with van der Waals surface area (Å²) in [7, 11) is 2.47. The number of alkyl halides is 2. The molecule has 0 radical (unpaired) electrons. The van der Waals surface area contributed by atoms with Crippen LogP contribution < -0.4 is 0 Å². The Hall–Kier alpha value is -3.36. The van der Waals surface area contributed by atoms with Crippen LogP contribution in [0, 0.1) is 12.7 Å². The number of ether oxygens (including phenoxy) is 1. The number of esters is 1. The average molecular weight is 408 g/mol. The molecule has 0 saturated carbocycles. The van der Waals surface area contributed by atoms with Gasteiger partial charge in [-0.2, -0.15) is 0 Å². The van der Waals surface area contributed by atoms with Gasteiger partial charge < -0.3 is 14.4 Å². The molecule has 2 aromatic rings. The van der Waals surface area contributed by atoms with Gasteiger partial charge in [-0.15, -0.1) is 0 Å². The molecule has 0 fully saturated rings. The fourth-order valence-corrected chi connectivity index (χ4v) is 2.51. The summed E-state index contributed by atoms with van der Waals surface area (Å²) in [6.45, 7) is 1.53. The number of hydrogen-bond donors (Lipinski definition) is 0. The van der Waals surface area contributed by atoms with Crippen LogP contribution in [0.15, 0.2) is 52.8 Å². The highest BCUT2D eigenvalue weighted by Gasteiger charge is 2.21. The first-order chi connectivity index (χ1) is 13.9. The van der Waals surface area contributed by atoms with Gasteiger partial charge in [0.2, 0.25) is 0 Å². The van der Waals surface area contributed by atoms with Gasteiger partial charge in [0.1, 0.15) is 19.5 Å². The highest BCUT2D eigenvalue weighted by Crippen LogP contribution is 2.19. The van der Waals surface area contributed by atoms with E-state index in [1.807, 2.05) is 0 Å². The maximum Gasteiger partial charge on any atom is 0.360 e. The molecule has 0 atom stereocenters. The number of nitrogens with zero attached hydrogens (tertiary/aromatic N) is 2. The lowest BCUT2D eigenvalue weighted by Crippen LogP contribution is -2.20. The van der Waals surface area contributed by atoms with Crippen molar-refractivity contribution in [2.75, 3.05) is 14.2 Å². The van der Waals surface area contributed by atoms with Gasteiger partial charge >= 0.3 is 5.97 Å². The Morgan fingerprint density at radius 3 is 2.34 bits per heavy atom. The summed E-state index contributed by atoms with van der Waals surface area (Å²) < 4.78 is 44.4. The first-order valence-electron chi connectivity index (χ1n) is 8.41. The molecule has 0 bridgehead atoms. The molecule has 9 heteroatoms. The summed E-state index contributed by atoms with van der Waals surface area (Å²) in [6.07, 6.45) is -2.93. The number of rotatable bonds is 8. The lowest BCUT2D eigenvalue weighted by Gasteiger charge is -2.13. The Bertz CT molecular complexity index is 912. The molecule has 0 unspecified atom stereocenters. The van der Waals surface area contributed by atoms with Crippen LogP contribution in [-0.4, -0.2) is 38.0 Å². The molecule has 29 heavy (non-hydrogen) atoms. The van der Waals surface area contributed by atoms with Gasteiger partial charge in [0, 0.05) is 16.7 Å². The normalized spacial score (nSPS) is 12.1. The number of halogens is 3. The molecule has 0 N–H and O–H groups in total. The van der Waals surface area contributed by atoms with Gasteiger partial charge in [-0.25, -0.2) is 18.0 Å². The Morgan fingerprint density at radius 1 is 1.07 bits per heavy atom. The fraction of sp³-hybridized carbons (Fsp3) is 0.250. The Morgan fingerprint density at radius 2 is 1.76 bits per heavy atom. The molecule has 0 aliphatic rings. The molecule has 0 spiro atoms. The Kier molecular flexibility index (Phi) is 7.76. The van der Waals surface area contributed by atoms with E-state index in [0.29, 0.717) is 16.7 Å². The number of carbonyl (C=O) groups is 1. The van der Waals surface area contributed by atoms with E-state index in [1.165, 1.54) is 26.4 Å². The van der Waals surface area contributed by atoms with Crippen LogP contribution in [0.1, 0.15) is 22.3 Å². The van der Waals surface area contributed by atoms with Gasteiger partial charge in [0.05, 0.1) is 7.11 Å². The largest absolute Gasteiger partial charge is 0.464 e. The predicted octanol–water partition coefficient (Wildman–Crippen LogP) is 3.84. The summed E-state index contributed by atoms with van der Waals surface area (Å²) in [5.41, 5.74) is 0.848. The number of carbonyl (C=O) groups excluding carboxylic acids is 1. The van der Waals surface area contributed by atoms with Crippen molar-refractivity contribution in [1.82, 2.24) is 0 Å². The van der Waals surface area contributed by atoms with Crippen molar-refractivity contribution < 1.29 is 32.4 Å². The predicted molar refractivity (Wildman–Crippen MR) is 100 cm³/mol. The molecule has 2 aromatic carbocycles. The van der Waals surface area contributed by atoms with E-state index in [4.69, 9.17) is 14.4 Å². The van der Waals surface area contributed by atoms with Crippen molar-refractivity contribution in [3.05, 3.63) is 70.5 Å².